The van der Waals surface area contributed by atoms with Crippen molar-refractivity contribution in [1.29, 1.82) is 0 Å². The fraction of sp³-hybridized carbons (Fsp3) is 0.286. The molecule has 0 saturated carbocycles. The Balaban J connectivity index is 1.72. The molecule has 2 aromatic heterocycles. The molecule has 1 aliphatic rings. The normalized spacial score (nSPS) is 15.5. The number of nitrogens with zero attached hydrogens (tertiary/aromatic N) is 4. The Kier molecular flexibility index (Phi) is 5.08. The average Bonchev–Trinajstić information content (AvgIpc) is 3.13. The van der Waals surface area contributed by atoms with Gasteiger partial charge in [0.05, 0.1) is 23.5 Å². The third-order valence-electron chi connectivity index (χ3n) is 5.18. The zero-order valence-corrected chi connectivity index (χ0v) is 15.7. The van der Waals surface area contributed by atoms with Crippen molar-refractivity contribution in [3.8, 4) is 11.1 Å². The van der Waals surface area contributed by atoms with Gasteiger partial charge in [0.25, 0.3) is 0 Å². The molecule has 1 fully saturated rings. The van der Waals surface area contributed by atoms with Gasteiger partial charge in [0.1, 0.15) is 0 Å². The van der Waals surface area contributed by atoms with Crippen molar-refractivity contribution in [3.05, 3.63) is 60.6 Å². The molecule has 4 rings (SSSR count). The molecule has 1 aromatic carbocycles. The molecular formula is C21H23N5O2. The van der Waals surface area contributed by atoms with Crippen molar-refractivity contribution in [2.45, 2.75) is 18.9 Å². The molecule has 0 aliphatic carbocycles. The molecule has 0 amide bonds. The van der Waals surface area contributed by atoms with Gasteiger partial charge in [-0.2, -0.15) is 5.10 Å². The zero-order valence-electron chi connectivity index (χ0n) is 15.7. The maximum atomic E-state index is 11.6. The number of benzene rings is 1. The van der Waals surface area contributed by atoms with Crippen LogP contribution in [-0.2, 0) is 0 Å². The van der Waals surface area contributed by atoms with E-state index in [1.165, 1.54) is 18.5 Å². The molecule has 0 unspecified atom stereocenters. The summed E-state index contributed by atoms with van der Waals surface area (Å²) in [6, 6.07) is 11.8. The van der Waals surface area contributed by atoms with Crippen LogP contribution < -0.4 is 5.32 Å². The van der Waals surface area contributed by atoms with Gasteiger partial charge in [-0.05, 0) is 44.6 Å². The number of pyridine rings is 1. The molecule has 0 bridgehead atoms. The van der Waals surface area contributed by atoms with Crippen molar-refractivity contribution < 1.29 is 9.90 Å². The van der Waals surface area contributed by atoms with Gasteiger partial charge >= 0.3 is 5.97 Å². The van der Waals surface area contributed by atoms with Gasteiger partial charge in [-0.15, -0.1) is 0 Å². The number of hydrogen-bond acceptors (Lipinski definition) is 5. The van der Waals surface area contributed by atoms with Crippen LogP contribution in [0.3, 0.4) is 0 Å². The van der Waals surface area contributed by atoms with Crippen LogP contribution in [0.2, 0.25) is 0 Å². The topological polar surface area (TPSA) is 83.3 Å². The number of aromatic nitrogens is 3. The third kappa shape index (κ3) is 3.75. The van der Waals surface area contributed by atoms with Crippen molar-refractivity contribution in [3.63, 3.8) is 0 Å². The summed E-state index contributed by atoms with van der Waals surface area (Å²) in [4.78, 5) is 17.9. The Labute approximate surface area is 163 Å². The number of piperidine rings is 1. The predicted molar refractivity (Wildman–Crippen MR) is 108 cm³/mol. The monoisotopic (exact) mass is 377 g/mol. The Morgan fingerprint density at radius 2 is 1.93 bits per heavy atom. The van der Waals surface area contributed by atoms with E-state index in [1.54, 1.807) is 0 Å². The second kappa shape index (κ2) is 7.82. The maximum absolute atomic E-state index is 11.6. The molecule has 3 heterocycles. The molecule has 0 spiro atoms. The lowest BCUT2D eigenvalue weighted by molar-refractivity contribution is 0.0698. The van der Waals surface area contributed by atoms with E-state index < -0.39 is 5.97 Å². The summed E-state index contributed by atoms with van der Waals surface area (Å²) in [6.07, 6.45) is 7.14. The Morgan fingerprint density at radius 1 is 1.18 bits per heavy atom. The summed E-state index contributed by atoms with van der Waals surface area (Å²) in [5.41, 5.74) is 2.58. The van der Waals surface area contributed by atoms with Gasteiger partial charge < -0.3 is 15.3 Å². The molecule has 0 radical (unpaired) electrons. The first-order chi connectivity index (χ1) is 13.6. The second-order valence-corrected chi connectivity index (χ2v) is 7.12. The number of carboxylic acids is 1. The summed E-state index contributed by atoms with van der Waals surface area (Å²) in [5.74, 6) is -0.360. The quantitative estimate of drug-likeness (QED) is 0.706. The first kappa shape index (κ1) is 18.2. The van der Waals surface area contributed by atoms with Crippen LogP contribution in [0.25, 0.3) is 11.1 Å². The minimum Gasteiger partial charge on any atom is -0.478 e. The molecule has 0 atom stereocenters. The Morgan fingerprint density at radius 3 is 2.64 bits per heavy atom. The Hall–Kier alpha value is -3.19. The van der Waals surface area contributed by atoms with Crippen LogP contribution in [0.1, 0.15) is 29.2 Å². The summed E-state index contributed by atoms with van der Waals surface area (Å²) in [6.45, 7) is 2.08. The minimum atomic E-state index is -0.999. The molecule has 3 aromatic rings. The highest BCUT2D eigenvalue weighted by atomic mass is 16.4. The van der Waals surface area contributed by atoms with Crippen molar-refractivity contribution in [1.82, 2.24) is 19.7 Å². The van der Waals surface area contributed by atoms with Crippen LogP contribution in [0, 0.1) is 0 Å². The number of carboxylic acid groups (broad SMARTS) is 1. The number of anilines is 2. The average molecular weight is 377 g/mol. The molecule has 1 aliphatic heterocycles. The minimum absolute atomic E-state index is 0.169. The van der Waals surface area contributed by atoms with Gasteiger partial charge in [-0.1, -0.05) is 30.3 Å². The molecular weight excluding hydrogens is 354 g/mol. The number of rotatable bonds is 5. The molecule has 28 heavy (non-hydrogen) atoms. The van der Waals surface area contributed by atoms with E-state index in [-0.39, 0.29) is 5.56 Å². The number of nitrogens with one attached hydrogen (secondary N) is 1. The number of hydrogen-bond donors (Lipinski definition) is 2. The molecule has 7 heteroatoms. The van der Waals surface area contributed by atoms with Gasteiger partial charge in [-0.25, -0.2) is 4.79 Å². The van der Waals surface area contributed by atoms with Gasteiger partial charge in [0.2, 0.25) is 0 Å². The molecule has 2 N–H and O–H groups in total. The smallest absolute Gasteiger partial charge is 0.337 e. The predicted octanol–water partition coefficient (Wildman–Crippen LogP) is 3.65. The zero-order chi connectivity index (χ0) is 19.5. The van der Waals surface area contributed by atoms with E-state index in [4.69, 9.17) is 5.10 Å². The summed E-state index contributed by atoms with van der Waals surface area (Å²) < 4.78 is 2.02. The first-order valence-corrected chi connectivity index (χ1v) is 9.39. The summed E-state index contributed by atoms with van der Waals surface area (Å²) in [7, 11) is 2.14. The van der Waals surface area contributed by atoms with E-state index >= 15 is 0 Å². The van der Waals surface area contributed by atoms with E-state index in [0.29, 0.717) is 17.5 Å². The number of aromatic carboxylic acids is 1. The van der Waals surface area contributed by atoms with Crippen LogP contribution in [0.4, 0.5) is 11.5 Å². The first-order valence-electron chi connectivity index (χ1n) is 9.39. The Bertz CT molecular complexity index is 962. The maximum Gasteiger partial charge on any atom is 0.337 e. The SMILES string of the molecule is CN1CCC(n2cc(-c3ccccc3)c(Nc3cnccc3C(=O)O)n2)CC1. The van der Waals surface area contributed by atoms with Crippen molar-refractivity contribution in [2.75, 3.05) is 25.5 Å². The molecule has 1 saturated heterocycles. The fourth-order valence-corrected chi connectivity index (χ4v) is 3.57. The van der Waals surface area contributed by atoms with Gasteiger partial charge in [0, 0.05) is 18.0 Å². The van der Waals surface area contributed by atoms with Crippen LogP contribution >= 0.6 is 0 Å². The van der Waals surface area contributed by atoms with Gasteiger partial charge in [0.15, 0.2) is 5.82 Å². The lowest BCUT2D eigenvalue weighted by Gasteiger charge is -2.28. The van der Waals surface area contributed by atoms with Crippen LogP contribution in [0.5, 0.6) is 0 Å². The van der Waals surface area contributed by atoms with Crippen molar-refractivity contribution in [2.24, 2.45) is 0 Å². The fourth-order valence-electron chi connectivity index (χ4n) is 3.57. The highest BCUT2D eigenvalue weighted by Gasteiger charge is 2.22. The number of likely N-dealkylation sites (tertiary alicyclic amines) is 1. The van der Waals surface area contributed by atoms with E-state index in [1.807, 2.05) is 35.0 Å². The largest absolute Gasteiger partial charge is 0.478 e. The van der Waals surface area contributed by atoms with Crippen molar-refractivity contribution >= 4 is 17.5 Å². The third-order valence-corrected chi connectivity index (χ3v) is 5.18. The summed E-state index contributed by atoms with van der Waals surface area (Å²) >= 11 is 0. The lowest BCUT2D eigenvalue weighted by atomic mass is 10.1. The van der Waals surface area contributed by atoms with E-state index in [0.717, 1.165) is 37.1 Å². The lowest BCUT2D eigenvalue weighted by Crippen LogP contribution is -2.31. The van der Waals surface area contributed by atoms with E-state index in [2.05, 4.69) is 28.4 Å². The highest BCUT2D eigenvalue weighted by Crippen LogP contribution is 2.33. The molecule has 7 nitrogen and oxygen atoms in total. The summed E-state index contributed by atoms with van der Waals surface area (Å²) in [5, 5.41) is 17.5. The van der Waals surface area contributed by atoms with Crippen LogP contribution in [0.15, 0.2) is 55.0 Å². The van der Waals surface area contributed by atoms with Crippen LogP contribution in [-0.4, -0.2) is 50.9 Å². The highest BCUT2D eigenvalue weighted by molar-refractivity contribution is 5.95. The van der Waals surface area contributed by atoms with Gasteiger partial charge in [-0.3, -0.25) is 9.67 Å². The standard InChI is InChI=1S/C21H23N5O2/c1-25-11-8-16(9-12-25)26-14-18(15-5-3-2-4-6-15)20(24-26)23-19-13-22-10-7-17(19)21(27)28/h2-7,10,13-14,16H,8-9,11-12H2,1H3,(H,23,24)(H,27,28). The second-order valence-electron chi connectivity index (χ2n) is 7.12. The number of carbonyl (C=O) groups is 1. The molecule has 144 valence electrons. The van der Waals surface area contributed by atoms with E-state index in [9.17, 15) is 9.90 Å².